The molecule has 0 aliphatic carbocycles. The Labute approximate surface area is 70.3 Å². The molecule has 1 N–H and O–H groups in total. The van der Waals surface area contributed by atoms with Gasteiger partial charge in [0.25, 0.3) is 0 Å². The fraction of sp³-hybridized carbons (Fsp3) is 1.00. The summed E-state index contributed by atoms with van der Waals surface area (Å²) in [4.78, 5) is 0. The molecule has 2 unspecified atom stereocenters. The van der Waals surface area contributed by atoms with E-state index in [0.29, 0.717) is 6.04 Å². The molecular weight excluding hydrogens is 138 g/mol. The van der Waals surface area contributed by atoms with E-state index in [1.54, 1.807) is 7.11 Å². The molecule has 0 saturated carbocycles. The van der Waals surface area contributed by atoms with Crippen LogP contribution >= 0.6 is 0 Å². The van der Waals surface area contributed by atoms with Crippen molar-refractivity contribution >= 4 is 0 Å². The summed E-state index contributed by atoms with van der Waals surface area (Å²) in [5, 5.41) is 3.37. The van der Waals surface area contributed by atoms with Crippen LogP contribution in [0.2, 0.25) is 0 Å². The number of hydrogen-bond acceptors (Lipinski definition) is 2. The number of ether oxygens (including phenoxy) is 1. The third kappa shape index (κ3) is 4.38. The van der Waals surface area contributed by atoms with Crippen LogP contribution < -0.4 is 5.32 Å². The second-order valence-corrected chi connectivity index (χ2v) is 2.87. The minimum absolute atomic E-state index is 0.699. The largest absolute Gasteiger partial charge is 0.384 e. The lowest BCUT2D eigenvalue weighted by Crippen LogP contribution is -2.17. The van der Waals surface area contributed by atoms with Crippen molar-refractivity contribution in [1.29, 1.82) is 0 Å². The van der Waals surface area contributed by atoms with Crippen LogP contribution in [-0.4, -0.2) is 26.3 Å². The minimum Gasteiger partial charge on any atom is -0.384 e. The van der Waals surface area contributed by atoms with Crippen LogP contribution in [0.3, 0.4) is 0 Å². The molecule has 1 aliphatic rings. The Morgan fingerprint density at radius 1 is 1.45 bits per heavy atom. The van der Waals surface area contributed by atoms with Gasteiger partial charge in [-0.15, -0.1) is 0 Å². The fourth-order valence-electron chi connectivity index (χ4n) is 1.40. The van der Waals surface area contributed by atoms with Gasteiger partial charge in [0, 0.05) is 19.7 Å². The van der Waals surface area contributed by atoms with E-state index in [0.717, 1.165) is 19.1 Å². The summed E-state index contributed by atoms with van der Waals surface area (Å²) in [5.74, 6) is 0.755. The number of hydrogen-bond donors (Lipinski definition) is 1. The van der Waals surface area contributed by atoms with Crippen LogP contribution in [0.25, 0.3) is 0 Å². The molecule has 2 heteroatoms. The van der Waals surface area contributed by atoms with Crippen molar-refractivity contribution in [2.45, 2.75) is 33.2 Å². The van der Waals surface area contributed by atoms with Gasteiger partial charge in [0.1, 0.15) is 0 Å². The molecule has 0 aromatic carbocycles. The Hall–Kier alpha value is -0.0800. The zero-order valence-electron chi connectivity index (χ0n) is 8.18. The minimum atomic E-state index is 0.699. The summed E-state index contributed by atoms with van der Waals surface area (Å²) < 4.78 is 5.03. The predicted octanol–water partition coefficient (Wildman–Crippen LogP) is 1.66. The summed E-state index contributed by atoms with van der Waals surface area (Å²) in [6.45, 7) is 8.27. The summed E-state index contributed by atoms with van der Waals surface area (Å²) in [6.07, 6.45) is 1.27. The van der Waals surface area contributed by atoms with E-state index in [-0.39, 0.29) is 0 Å². The first-order valence-corrected chi connectivity index (χ1v) is 4.55. The van der Waals surface area contributed by atoms with Gasteiger partial charge in [-0.2, -0.15) is 0 Å². The molecule has 1 rings (SSSR count). The highest BCUT2D eigenvalue weighted by Crippen LogP contribution is 2.12. The van der Waals surface area contributed by atoms with Crippen LogP contribution in [0.15, 0.2) is 0 Å². The zero-order chi connectivity index (χ0) is 8.69. The van der Waals surface area contributed by atoms with Crippen LogP contribution in [0, 0.1) is 5.92 Å². The molecule has 1 saturated heterocycles. The topological polar surface area (TPSA) is 21.3 Å². The first-order chi connectivity index (χ1) is 5.33. The lowest BCUT2D eigenvalue weighted by atomic mass is 10.1. The van der Waals surface area contributed by atoms with Gasteiger partial charge in [0.05, 0.1) is 6.61 Å². The normalized spacial score (nSPS) is 29.5. The SMILES string of the molecule is CC.COCC1CNC(C)C1. The van der Waals surface area contributed by atoms with Crippen molar-refractivity contribution in [3.63, 3.8) is 0 Å². The average molecular weight is 159 g/mol. The molecule has 2 nitrogen and oxygen atoms in total. The number of nitrogens with one attached hydrogen (secondary N) is 1. The van der Waals surface area contributed by atoms with Crippen molar-refractivity contribution in [1.82, 2.24) is 5.32 Å². The van der Waals surface area contributed by atoms with E-state index in [1.807, 2.05) is 13.8 Å². The smallest absolute Gasteiger partial charge is 0.0503 e. The molecule has 0 bridgehead atoms. The molecular formula is C9H21NO. The van der Waals surface area contributed by atoms with E-state index in [2.05, 4.69) is 12.2 Å². The monoisotopic (exact) mass is 159 g/mol. The molecule has 0 amide bonds. The lowest BCUT2D eigenvalue weighted by molar-refractivity contribution is 0.159. The maximum Gasteiger partial charge on any atom is 0.0503 e. The van der Waals surface area contributed by atoms with Gasteiger partial charge in [0.2, 0.25) is 0 Å². The van der Waals surface area contributed by atoms with E-state index < -0.39 is 0 Å². The first kappa shape index (κ1) is 10.9. The quantitative estimate of drug-likeness (QED) is 0.661. The Bertz CT molecular complexity index is 83.6. The summed E-state index contributed by atoms with van der Waals surface area (Å²) in [5.41, 5.74) is 0. The van der Waals surface area contributed by atoms with Crippen LogP contribution in [-0.2, 0) is 4.74 Å². The van der Waals surface area contributed by atoms with Gasteiger partial charge in [-0.05, 0) is 19.3 Å². The Kier molecular flexibility index (Phi) is 6.57. The van der Waals surface area contributed by atoms with Gasteiger partial charge >= 0.3 is 0 Å². The Morgan fingerprint density at radius 3 is 2.45 bits per heavy atom. The highest BCUT2D eigenvalue weighted by molar-refractivity contribution is 4.77. The fourth-order valence-corrected chi connectivity index (χ4v) is 1.40. The number of rotatable bonds is 2. The molecule has 1 fully saturated rings. The standard InChI is InChI=1S/C7H15NO.C2H6/c1-6-3-7(4-8-6)5-9-2;1-2/h6-8H,3-5H2,1-2H3;1-2H3. The van der Waals surface area contributed by atoms with Crippen LogP contribution in [0.1, 0.15) is 27.2 Å². The van der Waals surface area contributed by atoms with Gasteiger partial charge < -0.3 is 10.1 Å². The van der Waals surface area contributed by atoms with E-state index >= 15 is 0 Å². The predicted molar refractivity (Wildman–Crippen MR) is 48.8 cm³/mol. The first-order valence-electron chi connectivity index (χ1n) is 4.55. The van der Waals surface area contributed by atoms with Crippen molar-refractivity contribution in [2.24, 2.45) is 5.92 Å². The van der Waals surface area contributed by atoms with Crippen LogP contribution in [0.4, 0.5) is 0 Å². The summed E-state index contributed by atoms with van der Waals surface area (Å²) in [6, 6.07) is 0.699. The zero-order valence-corrected chi connectivity index (χ0v) is 8.18. The summed E-state index contributed by atoms with van der Waals surface area (Å²) in [7, 11) is 1.77. The summed E-state index contributed by atoms with van der Waals surface area (Å²) >= 11 is 0. The highest BCUT2D eigenvalue weighted by Gasteiger charge is 2.19. The average Bonchev–Trinajstić information content (AvgIpc) is 2.41. The van der Waals surface area contributed by atoms with E-state index in [9.17, 15) is 0 Å². The second-order valence-electron chi connectivity index (χ2n) is 2.87. The molecule has 0 radical (unpaired) electrons. The van der Waals surface area contributed by atoms with Crippen molar-refractivity contribution < 1.29 is 4.74 Å². The molecule has 2 atom stereocenters. The van der Waals surface area contributed by atoms with Crippen LogP contribution in [0.5, 0.6) is 0 Å². The molecule has 1 heterocycles. The van der Waals surface area contributed by atoms with Crippen molar-refractivity contribution in [3.8, 4) is 0 Å². The second kappa shape index (κ2) is 6.62. The molecule has 1 aliphatic heterocycles. The third-order valence-electron chi connectivity index (χ3n) is 1.84. The van der Waals surface area contributed by atoms with E-state index in [1.165, 1.54) is 6.42 Å². The van der Waals surface area contributed by atoms with Gasteiger partial charge in [0.15, 0.2) is 0 Å². The maximum atomic E-state index is 5.03. The Morgan fingerprint density at radius 2 is 2.09 bits per heavy atom. The molecule has 0 aromatic rings. The van der Waals surface area contributed by atoms with Gasteiger partial charge in [-0.3, -0.25) is 0 Å². The maximum absolute atomic E-state index is 5.03. The van der Waals surface area contributed by atoms with E-state index in [4.69, 9.17) is 4.74 Å². The highest BCUT2D eigenvalue weighted by atomic mass is 16.5. The number of methoxy groups -OCH3 is 1. The third-order valence-corrected chi connectivity index (χ3v) is 1.84. The van der Waals surface area contributed by atoms with Crippen molar-refractivity contribution in [3.05, 3.63) is 0 Å². The Balaban J connectivity index is 0.000000461. The molecule has 68 valence electrons. The molecule has 0 spiro atoms. The molecule has 0 aromatic heterocycles. The van der Waals surface area contributed by atoms with Crippen molar-refractivity contribution in [2.75, 3.05) is 20.3 Å². The lowest BCUT2D eigenvalue weighted by Gasteiger charge is -2.04. The van der Waals surface area contributed by atoms with Gasteiger partial charge in [-0.1, -0.05) is 13.8 Å². The molecule has 11 heavy (non-hydrogen) atoms. The van der Waals surface area contributed by atoms with Gasteiger partial charge in [-0.25, -0.2) is 0 Å².